The smallest absolute Gasteiger partial charge is 0.433 e. The first-order chi connectivity index (χ1) is 11.6. The molecule has 1 heterocycles. The molecule has 2 rings (SSSR count). The van der Waals surface area contributed by atoms with Gasteiger partial charge in [0.2, 0.25) is 0 Å². The number of benzene rings is 1. The maximum atomic E-state index is 12.9. The molecule has 1 aromatic carbocycles. The lowest BCUT2D eigenvalue weighted by molar-refractivity contribution is -0.144. The Labute approximate surface area is 151 Å². The summed E-state index contributed by atoms with van der Waals surface area (Å²) < 4.78 is 44.5. The minimum atomic E-state index is -4.71. The summed E-state index contributed by atoms with van der Waals surface area (Å²) in [6.07, 6.45) is 0.471. The number of aromatic nitrogens is 2. The number of rotatable bonds is 3. The van der Waals surface area contributed by atoms with E-state index in [1.54, 1.807) is 6.92 Å². The molecule has 25 heavy (non-hydrogen) atoms. The Hall–Kier alpha value is -2.17. The largest absolute Gasteiger partial charge is 0.476 e. The van der Waals surface area contributed by atoms with Crippen LogP contribution in [0.2, 0.25) is 10.0 Å². The number of hydrogen-bond donors (Lipinski definition) is 0. The first-order valence-electron chi connectivity index (χ1n) is 6.81. The van der Waals surface area contributed by atoms with Gasteiger partial charge >= 0.3 is 6.18 Å². The Morgan fingerprint density at radius 2 is 1.96 bits per heavy atom. The van der Waals surface area contributed by atoms with E-state index in [0.29, 0.717) is 10.8 Å². The number of terminal acetylenes is 1. The third-order valence-corrected chi connectivity index (χ3v) is 3.90. The zero-order valence-corrected chi connectivity index (χ0v) is 14.5. The molecule has 0 saturated heterocycles. The fourth-order valence-electron chi connectivity index (χ4n) is 2.01. The lowest BCUT2D eigenvalue weighted by Gasteiger charge is -2.15. The van der Waals surface area contributed by atoms with Crippen LogP contribution in [0.3, 0.4) is 0 Å². The van der Waals surface area contributed by atoms with Crippen LogP contribution in [0.15, 0.2) is 23.1 Å². The van der Waals surface area contributed by atoms with Crippen molar-refractivity contribution in [1.29, 1.82) is 0 Å². The maximum absolute atomic E-state index is 12.9. The molecular formula is C16H11Cl2F3N2O2. The molecule has 132 valence electrons. The van der Waals surface area contributed by atoms with Gasteiger partial charge in [-0.25, -0.2) is 4.98 Å². The van der Waals surface area contributed by atoms with E-state index in [0.717, 1.165) is 7.05 Å². The van der Waals surface area contributed by atoms with Crippen LogP contribution in [0, 0.1) is 12.3 Å². The van der Waals surface area contributed by atoms with Crippen molar-refractivity contribution >= 4 is 23.2 Å². The quantitative estimate of drug-likeness (QED) is 0.738. The van der Waals surface area contributed by atoms with Crippen LogP contribution in [0.5, 0.6) is 5.75 Å². The summed E-state index contributed by atoms with van der Waals surface area (Å²) in [5.74, 6) is 2.47. The molecule has 0 radical (unpaired) electrons. The fourth-order valence-corrected chi connectivity index (χ4v) is 2.53. The zero-order chi connectivity index (χ0) is 18.9. The second kappa shape index (κ2) is 6.98. The van der Waals surface area contributed by atoms with E-state index < -0.39 is 23.5 Å². The Morgan fingerprint density at radius 1 is 1.32 bits per heavy atom. The van der Waals surface area contributed by atoms with Crippen molar-refractivity contribution in [2.24, 2.45) is 7.05 Å². The molecular weight excluding hydrogens is 380 g/mol. The molecule has 9 heteroatoms. The standard InChI is InChI=1S/C16H11Cl2F3N2O2/c1-4-8(2)25-12-5-9(10(17)6-11(12)18)14-15(24)23(3)13(7-22-14)16(19,20)21/h1,5-8H,2-3H3. The van der Waals surface area contributed by atoms with Gasteiger partial charge in [-0.05, 0) is 19.1 Å². The average Bonchev–Trinajstić information content (AvgIpc) is 2.51. The number of hydrogen-bond acceptors (Lipinski definition) is 3. The first-order valence-corrected chi connectivity index (χ1v) is 7.57. The van der Waals surface area contributed by atoms with Gasteiger partial charge in [-0.3, -0.25) is 4.79 Å². The minimum absolute atomic E-state index is 0.0371. The van der Waals surface area contributed by atoms with Crippen molar-refractivity contribution in [2.45, 2.75) is 19.2 Å². The number of nitrogens with zero attached hydrogens (tertiary/aromatic N) is 2. The van der Waals surface area contributed by atoms with E-state index in [-0.39, 0.29) is 27.1 Å². The van der Waals surface area contributed by atoms with E-state index in [1.807, 2.05) is 0 Å². The lowest BCUT2D eigenvalue weighted by atomic mass is 10.1. The Balaban J connectivity index is 2.63. The van der Waals surface area contributed by atoms with Crippen LogP contribution in [0.1, 0.15) is 12.6 Å². The van der Waals surface area contributed by atoms with Crippen molar-refractivity contribution < 1.29 is 17.9 Å². The summed E-state index contributed by atoms with van der Waals surface area (Å²) in [5, 5.41) is 0.176. The molecule has 1 unspecified atom stereocenters. The summed E-state index contributed by atoms with van der Waals surface area (Å²) >= 11 is 12.1. The van der Waals surface area contributed by atoms with Crippen LogP contribution in [-0.2, 0) is 13.2 Å². The first kappa shape index (κ1) is 19.2. The molecule has 1 atom stereocenters. The van der Waals surface area contributed by atoms with Gasteiger partial charge in [-0.15, -0.1) is 6.42 Å². The molecule has 0 bridgehead atoms. The van der Waals surface area contributed by atoms with Gasteiger partial charge < -0.3 is 9.30 Å². The molecule has 0 saturated carbocycles. The number of ether oxygens (including phenoxy) is 1. The normalized spacial score (nSPS) is 12.6. The summed E-state index contributed by atoms with van der Waals surface area (Å²) in [6, 6.07) is 2.62. The highest BCUT2D eigenvalue weighted by molar-refractivity contribution is 6.37. The molecule has 0 fully saturated rings. The number of halogens is 5. The second-order valence-electron chi connectivity index (χ2n) is 5.04. The predicted molar refractivity (Wildman–Crippen MR) is 88.9 cm³/mol. The fraction of sp³-hybridized carbons (Fsp3) is 0.250. The third kappa shape index (κ3) is 3.91. The molecule has 0 amide bonds. The Bertz CT molecular complexity index is 917. The van der Waals surface area contributed by atoms with Crippen molar-refractivity contribution in [1.82, 2.24) is 9.55 Å². The van der Waals surface area contributed by atoms with Crippen LogP contribution in [0.4, 0.5) is 13.2 Å². The van der Waals surface area contributed by atoms with Crippen LogP contribution in [-0.4, -0.2) is 15.7 Å². The van der Waals surface area contributed by atoms with Gasteiger partial charge in [0.05, 0.1) is 16.2 Å². The van der Waals surface area contributed by atoms with Crippen molar-refractivity contribution in [2.75, 3.05) is 0 Å². The van der Waals surface area contributed by atoms with Gasteiger partial charge in [-0.2, -0.15) is 13.2 Å². The minimum Gasteiger partial charge on any atom is -0.476 e. The highest BCUT2D eigenvalue weighted by Gasteiger charge is 2.34. The summed E-state index contributed by atoms with van der Waals surface area (Å²) in [7, 11) is 0.998. The van der Waals surface area contributed by atoms with E-state index in [1.165, 1.54) is 12.1 Å². The van der Waals surface area contributed by atoms with Crippen LogP contribution < -0.4 is 10.3 Å². The monoisotopic (exact) mass is 390 g/mol. The van der Waals surface area contributed by atoms with Crippen molar-refractivity contribution in [3.8, 4) is 29.4 Å². The van der Waals surface area contributed by atoms with Gasteiger partial charge in [-0.1, -0.05) is 29.1 Å². The van der Waals surface area contributed by atoms with E-state index in [2.05, 4.69) is 10.9 Å². The summed E-state index contributed by atoms with van der Waals surface area (Å²) in [5.41, 5.74) is -2.33. The molecule has 1 aromatic heterocycles. The highest BCUT2D eigenvalue weighted by atomic mass is 35.5. The average molecular weight is 391 g/mol. The molecule has 0 N–H and O–H groups in total. The van der Waals surface area contributed by atoms with Crippen LogP contribution >= 0.6 is 23.2 Å². The topological polar surface area (TPSA) is 44.1 Å². The lowest BCUT2D eigenvalue weighted by Crippen LogP contribution is -2.27. The molecule has 0 aliphatic heterocycles. The molecule has 0 aliphatic carbocycles. The predicted octanol–water partition coefficient (Wildman–Crippen LogP) is 4.17. The van der Waals surface area contributed by atoms with E-state index in [4.69, 9.17) is 34.4 Å². The van der Waals surface area contributed by atoms with Crippen molar-refractivity contribution in [3.05, 3.63) is 44.4 Å². The molecule has 0 aliphatic rings. The third-order valence-electron chi connectivity index (χ3n) is 3.29. The summed E-state index contributed by atoms with van der Waals surface area (Å²) in [6.45, 7) is 1.60. The zero-order valence-electron chi connectivity index (χ0n) is 13.0. The maximum Gasteiger partial charge on any atom is 0.433 e. The Kier molecular flexibility index (Phi) is 5.35. The van der Waals surface area contributed by atoms with Gasteiger partial charge in [0, 0.05) is 12.6 Å². The van der Waals surface area contributed by atoms with Gasteiger partial charge in [0.25, 0.3) is 5.56 Å². The second-order valence-corrected chi connectivity index (χ2v) is 5.86. The van der Waals surface area contributed by atoms with E-state index in [9.17, 15) is 18.0 Å². The molecule has 0 spiro atoms. The molecule has 4 nitrogen and oxygen atoms in total. The van der Waals surface area contributed by atoms with Gasteiger partial charge in [0.15, 0.2) is 6.10 Å². The summed E-state index contributed by atoms with van der Waals surface area (Å²) in [4.78, 5) is 15.9. The van der Waals surface area contributed by atoms with Crippen molar-refractivity contribution in [3.63, 3.8) is 0 Å². The highest BCUT2D eigenvalue weighted by Crippen LogP contribution is 2.36. The van der Waals surface area contributed by atoms with Gasteiger partial charge in [0.1, 0.15) is 17.1 Å². The Morgan fingerprint density at radius 3 is 2.52 bits per heavy atom. The van der Waals surface area contributed by atoms with Crippen LogP contribution in [0.25, 0.3) is 11.3 Å². The molecule has 2 aromatic rings. The number of alkyl halides is 3. The van der Waals surface area contributed by atoms with E-state index >= 15 is 0 Å². The SMILES string of the molecule is C#CC(C)Oc1cc(-c2ncc(C(F)(F)F)n(C)c2=O)c(Cl)cc1Cl.